The van der Waals surface area contributed by atoms with E-state index < -0.39 is 21.7 Å². The first-order valence-corrected chi connectivity index (χ1v) is 8.34. The van der Waals surface area contributed by atoms with Crippen molar-refractivity contribution in [3.8, 4) is 0 Å². The van der Waals surface area contributed by atoms with Gasteiger partial charge in [0.15, 0.2) is 0 Å². The van der Waals surface area contributed by atoms with Crippen LogP contribution in [0.25, 0.3) is 0 Å². The molecular formula is C12H8AsClNO2S. The average molecular weight is 341 g/mol. The number of carbonyl (C=O) groups is 2. The molecule has 0 spiro atoms. The maximum absolute atomic E-state index is 11.8. The fourth-order valence-electron chi connectivity index (χ4n) is 1.27. The first-order chi connectivity index (χ1) is 8.66. The van der Waals surface area contributed by atoms with E-state index in [0.29, 0.717) is 10.6 Å². The molecule has 1 aromatic carbocycles. The summed E-state index contributed by atoms with van der Waals surface area (Å²) < 4.78 is 0.652. The van der Waals surface area contributed by atoms with Gasteiger partial charge in [0.05, 0.1) is 0 Å². The number of hydrogen-bond acceptors (Lipinski definition) is 3. The Labute approximate surface area is 120 Å². The topological polar surface area (TPSA) is 46.2 Å². The Morgan fingerprint density at radius 1 is 1.28 bits per heavy atom. The zero-order chi connectivity index (χ0) is 13.0. The van der Waals surface area contributed by atoms with Gasteiger partial charge >= 0.3 is 120 Å². The molecule has 1 heterocycles. The first kappa shape index (κ1) is 13.3. The number of halogens is 1. The molecule has 2 amide bonds. The third kappa shape index (κ3) is 3.45. The number of imide groups is 1. The van der Waals surface area contributed by atoms with Crippen LogP contribution in [0, 0.1) is 5.38 Å². The molecule has 0 aliphatic rings. The summed E-state index contributed by atoms with van der Waals surface area (Å²) in [7, 11) is 0. The van der Waals surface area contributed by atoms with E-state index in [2.05, 4.69) is 10.7 Å². The molecule has 0 aliphatic heterocycles. The molecule has 2 rings (SSSR count). The number of hydrogen-bond donors (Lipinski definition) is 1. The van der Waals surface area contributed by atoms with Gasteiger partial charge in [0.25, 0.3) is 0 Å². The van der Waals surface area contributed by atoms with Gasteiger partial charge in [-0.3, -0.25) is 0 Å². The van der Waals surface area contributed by atoms with E-state index in [1.54, 1.807) is 24.3 Å². The van der Waals surface area contributed by atoms with Crippen LogP contribution in [-0.2, 0) is 0 Å². The Balaban J connectivity index is 2.00. The summed E-state index contributed by atoms with van der Waals surface area (Å²) in [4.78, 5) is 23.5. The summed E-state index contributed by atoms with van der Waals surface area (Å²) in [6, 6.07) is 8.49. The van der Waals surface area contributed by atoms with Crippen molar-refractivity contribution in [2.75, 3.05) is 0 Å². The molecule has 6 heteroatoms. The molecule has 1 unspecified atom stereocenters. The van der Waals surface area contributed by atoms with Gasteiger partial charge in [-0.1, -0.05) is 0 Å². The van der Waals surface area contributed by atoms with E-state index in [1.165, 1.54) is 11.3 Å². The summed E-state index contributed by atoms with van der Waals surface area (Å²) in [5.41, 5.74) is 0.313. The van der Waals surface area contributed by atoms with Gasteiger partial charge in [-0.15, -0.1) is 0 Å². The fraction of sp³-hybridized carbons (Fsp3) is 0. The molecule has 1 radical (unpaired) electrons. The number of benzene rings is 1. The number of nitrogens with one attached hydrogen (secondary N) is 1. The maximum atomic E-state index is 11.8. The molecule has 1 aromatic heterocycles. The number of amides is 2. The van der Waals surface area contributed by atoms with Crippen LogP contribution in [0.1, 0.15) is 10.4 Å². The molecule has 91 valence electrons. The average Bonchev–Trinajstić information content (AvgIpc) is 2.82. The van der Waals surface area contributed by atoms with Crippen LogP contribution < -0.4 is 9.67 Å². The Hall–Kier alpha value is -1.09. The molecule has 0 aliphatic carbocycles. The summed E-state index contributed by atoms with van der Waals surface area (Å²) in [6.07, 6.45) is 0. The standard InChI is InChI=1S/C12H8AsClNO2S/c14-10-4-2-1-3-9(10)11(16)15-12(17)13-8-5-6-18-7-8/h1-6,13H,(H,15,16,17). The molecule has 1 N–H and O–H groups in total. The van der Waals surface area contributed by atoms with Crippen molar-refractivity contribution in [1.29, 1.82) is 0 Å². The van der Waals surface area contributed by atoms with Crippen molar-refractivity contribution in [2.24, 2.45) is 0 Å². The molecule has 0 bridgehead atoms. The molecule has 3 nitrogen and oxygen atoms in total. The molecule has 2 aromatic rings. The molecule has 18 heavy (non-hydrogen) atoms. The van der Waals surface area contributed by atoms with Gasteiger partial charge in [0.2, 0.25) is 0 Å². The van der Waals surface area contributed by atoms with E-state index in [0.717, 1.165) is 4.35 Å². The molecule has 0 saturated heterocycles. The van der Waals surface area contributed by atoms with Crippen molar-refractivity contribution in [3.63, 3.8) is 0 Å². The molecule has 0 fully saturated rings. The van der Waals surface area contributed by atoms with Gasteiger partial charge < -0.3 is 0 Å². The van der Waals surface area contributed by atoms with Crippen molar-refractivity contribution in [2.45, 2.75) is 0 Å². The number of carbonyl (C=O) groups excluding carboxylic acids is 2. The van der Waals surface area contributed by atoms with Crippen LogP contribution in [0.15, 0.2) is 35.7 Å². The third-order valence-corrected chi connectivity index (χ3v) is 5.30. The fourth-order valence-corrected chi connectivity index (χ4v) is 4.19. The van der Waals surface area contributed by atoms with Crippen LogP contribution in [-0.4, -0.2) is 26.4 Å². The van der Waals surface area contributed by atoms with Gasteiger partial charge in [-0.2, -0.15) is 0 Å². The van der Waals surface area contributed by atoms with Gasteiger partial charge in [0, 0.05) is 0 Å². The van der Waals surface area contributed by atoms with E-state index in [4.69, 9.17) is 11.6 Å². The van der Waals surface area contributed by atoms with Crippen LogP contribution in [0.5, 0.6) is 0 Å². The molecular weight excluding hydrogens is 333 g/mol. The second kappa shape index (κ2) is 6.19. The van der Waals surface area contributed by atoms with E-state index in [-0.39, 0.29) is 4.69 Å². The summed E-state index contributed by atoms with van der Waals surface area (Å²) in [5, 5.41) is 7.55. The SMILES string of the molecule is O=C(NC(=O)c1ccccc1Cl)[AsH]c1[c]scc1. The predicted octanol–water partition coefficient (Wildman–Crippen LogP) is 1.81. The van der Waals surface area contributed by atoms with Crippen LogP contribution >= 0.6 is 22.9 Å². The zero-order valence-corrected chi connectivity index (χ0v) is 12.7. The van der Waals surface area contributed by atoms with E-state index in [1.807, 2.05) is 11.4 Å². The van der Waals surface area contributed by atoms with Gasteiger partial charge in [-0.05, 0) is 0 Å². The summed E-state index contributed by atoms with van der Waals surface area (Å²) in [5.74, 6) is -0.454. The zero-order valence-electron chi connectivity index (χ0n) is 9.07. The van der Waals surface area contributed by atoms with Gasteiger partial charge in [-0.25, -0.2) is 0 Å². The van der Waals surface area contributed by atoms with Crippen molar-refractivity contribution < 1.29 is 9.59 Å². The Kier molecular flexibility index (Phi) is 4.59. The minimum atomic E-state index is -1.03. The van der Waals surface area contributed by atoms with E-state index in [9.17, 15) is 9.59 Å². The van der Waals surface area contributed by atoms with Crippen molar-refractivity contribution >= 4 is 53.6 Å². The Bertz CT molecular complexity index is 571. The second-order valence-corrected chi connectivity index (χ2v) is 7.05. The normalized spacial score (nSPS) is 10.7. The Morgan fingerprint density at radius 3 is 2.72 bits per heavy atom. The summed E-state index contributed by atoms with van der Waals surface area (Å²) >= 11 is 6.26. The Morgan fingerprint density at radius 2 is 2.06 bits per heavy atom. The van der Waals surface area contributed by atoms with E-state index >= 15 is 0 Å². The first-order valence-electron chi connectivity index (χ1n) is 4.99. The minimum absolute atomic E-state index is 0.241. The summed E-state index contributed by atoms with van der Waals surface area (Å²) in [6.45, 7) is 0. The van der Waals surface area contributed by atoms with Crippen molar-refractivity contribution in [1.82, 2.24) is 5.32 Å². The number of thiophene rings is 1. The molecule has 0 saturated carbocycles. The van der Waals surface area contributed by atoms with Gasteiger partial charge in [0.1, 0.15) is 0 Å². The van der Waals surface area contributed by atoms with Crippen molar-refractivity contribution in [3.05, 3.63) is 51.7 Å². The number of rotatable bonds is 3. The van der Waals surface area contributed by atoms with Crippen LogP contribution in [0.3, 0.4) is 0 Å². The third-order valence-electron chi connectivity index (χ3n) is 2.07. The second-order valence-electron chi connectivity index (χ2n) is 3.32. The van der Waals surface area contributed by atoms with Crippen LogP contribution in [0.2, 0.25) is 5.02 Å². The van der Waals surface area contributed by atoms with Crippen LogP contribution in [0.4, 0.5) is 4.79 Å². The monoisotopic (exact) mass is 340 g/mol. The quantitative estimate of drug-likeness (QED) is 0.866. The predicted molar refractivity (Wildman–Crippen MR) is 74.3 cm³/mol. The molecule has 1 atom stereocenters.